The first-order valence-electron chi connectivity index (χ1n) is 6.40. The monoisotopic (exact) mass is 280 g/mol. The van der Waals surface area contributed by atoms with Crippen LogP contribution >= 0.6 is 0 Å². The van der Waals surface area contributed by atoms with E-state index in [0.717, 1.165) is 5.56 Å². The number of nitro groups is 1. The fourth-order valence-corrected chi connectivity index (χ4v) is 1.96. The van der Waals surface area contributed by atoms with Gasteiger partial charge in [0.25, 0.3) is 5.69 Å². The third kappa shape index (κ3) is 3.92. The number of nitrogens with zero attached hydrogens (tertiary/aromatic N) is 2. The lowest BCUT2D eigenvalue weighted by Crippen LogP contribution is -2.35. The van der Waals surface area contributed by atoms with Crippen LogP contribution in [0.5, 0.6) is 0 Å². The van der Waals surface area contributed by atoms with Crippen molar-refractivity contribution in [3.63, 3.8) is 0 Å². The molecule has 0 saturated heterocycles. The van der Waals surface area contributed by atoms with Crippen LogP contribution in [0, 0.1) is 10.1 Å². The first-order chi connectivity index (χ1) is 9.53. The van der Waals surface area contributed by atoms with Gasteiger partial charge >= 0.3 is 0 Å². The molecule has 0 aliphatic rings. The molecule has 0 unspecified atom stereocenters. The normalized spacial score (nSPS) is 10.4. The number of likely N-dealkylation sites (N-methyl/N-ethyl adjacent to an activating group) is 2. The highest BCUT2D eigenvalue weighted by atomic mass is 16.6. The molecule has 0 aliphatic heterocycles. The molecule has 0 saturated carbocycles. The van der Waals surface area contributed by atoms with Crippen LogP contribution in [0.3, 0.4) is 0 Å². The molecule has 2 N–H and O–H groups in total. The average Bonchev–Trinajstić information content (AvgIpc) is 2.45. The molecule has 20 heavy (non-hydrogen) atoms. The van der Waals surface area contributed by atoms with E-state index >= 15 is 0 Å². The van der Waals surface area contributed by atoms with Gasteiger partial charge in [0, 0.05) is 26.7 Å². The highest BCUT2D eigenvalue weighted by Crippen LogP contribution is 2.28. The summed E-state index contributed by atoms with van der Waals surface area (Å²) in [5.74, 6) is -0.0803. The number of anilines is 1. The van der Waals surface area contributed by atoms with E-state index in [0.29, 0.717) is 18.8 Å². The molecule has 0 atom stereocenters. The molecular weight excluding hydrogens is 260 g/mol. The molecule has 0 aliphatic carbocycles. The van der Waals surface area contributed by atoms with Gasteiger partial charge in [-0.3, -0.25) is 19.8 Å². The third-order valence-electron chi connectivity index (χ3n) is 3.06. The highest BCUT2D eigenvalue weighted by Gasteiger charge is 2.18. The lowest BCUT2D eigenvalue weighted by atomic mass is 10.1. The van der Waals surface area contributed by atoms with Crippen molar-refractivity contribution in [3.05, 3.63) is 33.9 Å². The minimum Gasteiger partial charge on any atom is -0.382 e. The van der Waals surface area contributed by atoms with Crippen molar-refractivity contribution in [2.75, 3.05) is 32.5 Å². The van der Waals surface area contributed by atoms with Gasteiger partial charge in [0.1, 0.15) is 5.69 Å². The van der Waals surface area contributed by atoms with Crippen molar-refractivity contribution >= 4 is 17.3 Å². The van der Waals surface area contributed by atoms with Crippen molar-refractivity contribution in [1.82, 2.24) is 10.2 Å². The predicted octanol–water partition coefficient (Wildman–Crippen LogP) is 1.20. The van der Waals surface area contributed by atoms with E-state index < -0.39 is 4.92 Å². The van der Waals surface area contributed by atoms with E-state index in [1.54, 1.807) is 20.2 Å². The van der Waals surface area contributed by atoms with Crippen LogP contribution in [0.15, 0.2) is 18.2 Å². The van der Waals surface area contributed by atoms with Gasteiger partial charge in [0.05, 0.1) is 11.5 Å². The maximum Gasteiger partial charge on any atom is 0.292 e. The van der Waals surface area contributed by atoms with Crippen LogP contribution in [0.25, 0.3) is 0 Å². The molecule has 0 fully saturated rings. The van der Waals surface area contributed by atoms with Gasteiger partial charge in [-0.05, 0) is 12.1 Å². The zero-order valence-electron chi connectivity index (χ0n) is 12.0. The molecular formula is C13H20N4O3. The summed E-state index contributed by atoms with van der Waals surface area (Å²) >= 11 is 0. The molecule has 7 heteroatoms. The topological polar surface area (TPSA) is 87.5 Å². The molecule has 0 spiro atoms. The first-order valence-corrected chi connectivity index (χ1v) is 6.40. The quantitative estimate of drug-likeness (QED) is 0.579. The van der Waals surface area contributed by atoms with Crippen LogP contribution in [0.4, 0.5) is 11.4 Å². The second-order valence-electron chi connectivity index (χ2n) is 4.29. The molecule has 7 nitrogen and oxygen atoms in total. The summed E-state index contributed by atoms with van der Waals surface area (Å²) in [5, 5.41) is 16.4. The van der Waals surface area contributed by atoms with Gasteiger partial charge < -0.3 is 10.6 Å². The highest BCUT2D eigenvalue weighted by molar-refractivity contribution is 5.77. The van der Waals surface area contributed by atoms with Crippen molar-refractivity contribution in [2.24, 2.45) is 0 Å². The number of nitrogens with one attached hydrogen (secondary N) is 2. The predicted molar refractivity (Wildman–Crippen MR) is 77.7 cm³/mol. The Bertz CT molecular complexity index is 491. The lowest BCUT2D eigenvalue weighted by molar-refractivity contribution is -0.384. The number of hydrogen-bond acceptors (Lipinski definition) is 5. The Morgan fingerprint density at radius 2 is 2.10 bits per heavy atom. The van der Waals surface area contributed by atoms with E-state index in [2.05, 4.69) is 10.6 Å². The standard InChI is InChI=1S/C13H20N4O3/c1-4-16(9-12(18)14-2)8-10-6-5-7-11(17(19)20)13(10)15-3/h5-7,15H,4,8-9H2,1-3H3,(H,14,18). The fourth-order valence-electron chi connectivity index (χ4n) is 1.96. The molecule has 0 radical (unpaired) electrons. The minimum absolute atomic E-state index is 0.0426. The summed E-state index contributed by atoms with van der Waals surface area (Å²) in [6.07, 6.45) is 0. The van der Waals surface area contributed by atoms with Gasteiger partial charge in [-0.15, -0.1) is 0 Å². The summed E-state index contributed by atoms with van der Waals surface area (Å²) in [5.41, 5.74) is 1.33. The molecule has 1 aromatic rings. The van der Waals surface area contributed by atoms with Gasteiger partial charge in [-0.25, -0.2) is 0 Å². The van der Waals surface area contributed by atoms with E-state index in [4.69, 9.17) is 0 Å². The SMILES string of the molecule is CCN(CC(=O)NC)Cc1cccc([N+](=O)[O-])c1NC. The minimum atomic E-state index is -0.412. The molecule has 1 rings (SSSR count). The zero-order valence-corrected chi connectivity index (χ0v) is 12.0. The summed E-state index contributed by atoms with van der Waals surface area (Å²) in [7, 11) is 3.24. The van der Waals surface area contributed by atoms with Crippen LogP contribution in [0.1, 0.15) is 12.5 Å². The smallest absolute Gasteiger partial charge is 0.292 e. The molecule has 0 heterocycles. The number of amides is 1. The van der Waals surface area contributed by atoms with E-state index in [9.17, 15) is 14.9 Å². The summed E-state index contributed by atoms with van der Waals surface area (Å²) in [6, 6.07) is 4.94. The Morgan fingerprint density at radius 1 is 1.40 bits per heavy atom. The Morgan fingerprint density at radius 3 is 2.60 bits per heavy atom. The zero-order chi connectivity index (χ0) is 15.1. The summed E-state index contributed by atoms with van der Waals surface area (Å²) in [6.45, 7) is 3.36. The van der Waals surface area contributed by atoms with E-state index in [1.165, 1.54) is 6.07 Å². The average molecular weight is 280 g/mol. The molecule has 110 valence electrons. The Kier molecular flexibility index (Phi) is 5.92. The number of nitro benzene ring substituents is 1. The number of benzene rings is 1. The van der Waals surface area contributed by atoms with Crippen molar-refractivity contribution < 1.29 is 9.72 Å². The second kappa shape index (κ2) is 7.44. The van der Waals surface area contributed by atoms with E-state index in [1.807, 2.05) is 17.9 Å². The van der Waals surface area contributed by atoms with Gasteiger partial charge in [-0.2, -0.15) is 0 Å². The van der Waals surface area contributed by atoms with Crippen LogP contribution in [0.2, 0.25) is 0 Å². The molecule has 0 bridgehead atoms. The van der Waals surface area contributed by atoms with Gasteiger partial charge in [0.2, 0.25) is 5.91 Å². The second-order valence-corrected chi connectivity index (χ2v) is 4.29. The summed E-state index contributed by atoms with van der Waals surface area (Å²) in [4.78, 5) is 23.9. The number of rotatable bonds is 7. The maximum absolute atomic E-state index is 11.4. The van der Waals surface area contributed by atoms with Crippen LogP contribution < -0.4 is 10.6 Å². The Hall–Kier alpha value is -2.15. The third-order valence-corrected chi connectivity index (χ3v) is 3.06. The first kappa shape index (κ1) is 15.9. The molecule has 1 amide bonds. The molecule has 1 aromatic carbocycles. The van der Waals surface area contributed by atoms with Crippen LogP contribution in [-0.4, -0.2) is 42.9 Å². The van der Waals surface area contributed by atoms with Crippen molar-refractivity contribution in [2.45, 2.75) is 13.5 Å². The number of para-hydroxylation sites is 1. The maximum atomic E-state index is 11.4. The number of carbonyl (C=O) groups is 1. The Balaban J connectivity index is 2.98. The number of hydrogen-bond donors (Lipinski definition) is 2. The molecule has 0 aromatic heterocycles. The lowest BCUT2D eigenvalue weighted by Gasteiger charge is -2.21. The largest absolute Gasteiger partial charge is 0.382 e. The van der Waals surface area contributed by atoms with Gasteiger partial charge in [-0.1, -0.05) is 19.1 Å². The fraction of sp³-hybridized carbons (Fsp3) is 0.462. The van der Waals surface area contributed by atoms with E-state index in [-0.39, 0.29) is 18.1 Å². The van der Waals surface area contributed by atoms with Gasteiger partial charge in [0.15, 0.2) is 0 Å². The number of carbonyl (C=O) groups excluding carboxylic acids is 1. The van der Waals surface area contributed by atoms with Crippen LogP contribution in [-0.2, 0) is 11.3 Å². The summed E-state index contributed by atoms with van der Waals surface area (Å²) < 4.78 is 0. The Labute approximate surface area is 118 Å². The van der Waals surface area contributed by atoms with Crippen molar-refractivity contribution in [3.8, 4) is 0 Å². The van der Waals surface area contributed by atoms with Crippen molar-refractivity contribution in [1.29, 1.82) is 0 Å².